The molecule has 0 saturated heterocycles. The summed E-state index contributed by atoms with van der Waals surface area (Å²) in [4.78, 5) is 17.1. The van der Waals surface area contributed by atoms with Gasteiger partial charge in [-0.25, -0.2) is 9.37 Å². The Balaban J connectivity index is 1.47. The molecule has 1 heterocycles. The second-order valence-corrected chi connectivity index (χ2v) is 9.10. The molecule has 33 heavy (non-hydrogen) atoms. The Morgan fingerprint density at radius 3 is 2.42 bits per heavy atom. The number of fused-ring (bicyclic) bond motifs is 1. The normalized spacial score (nSPS) is 11.4. The number of hydrogen-bond acceptors (Lipinski definition) is 5. The van der Waals surface area contributed by atoms with E-state index >= 15 is 0 Å². The van der Waals surface area contributed by atoms with E-state index < -0.39 is 10.1 Å². The molecule has 0 aliphatic heterocycles. The lowest BCUT2D eigenvalue weighted by molar-refractivity contribution is -0.120. The number of amides is 1. The highest BCUT2D eigenvalue weighted by Crippen LogP contribution is 2.18. The van der Waals surface area contributed by atoms with Crippen LogP contribution >= 0.6 is 0 Å². The number of para-hydroxylation sites is 3. The summed E-state index contributed by atoms with van der Waals surface area (Å²) >= 11 is 0. The maximum Gasteiger partial charge on any atom is 0.310 e. The molecule has 1 aromatic heterocycles. The lowest BCUT2D eigenvalue weighted by Crippen LogP contribution is -2.26. The molecule has 0 bridgehead atoms. The minimum Gasteiger partial charge on any atom is -0.382 e. The Morgan fingerprint density at radius 1 is 0.970 bits per heavy atom. The van der Waals surface area contributed by atoms with Crippen molar-refractivity contribution in [2.24, 2.45) is 0 Å². The van der Waals surface area contributed by atoms with E-state index in [-0.39, 0.29) is 42.7 Å². The summed E-state index contributed by atoms with van der Waals surface area (Å²) in [5.74, 6) is -0.215. The molecule has 0 spiro atoms. The third-order valence-corrected chi connectivity index (χ3v) is 6.12. The number of halogens is 1. The van der Waals surface area contributed by atoms with Crippen molar-refractivity contribution in [3.05, 3.63) is 96.1 Å². The lowest BCUT2D eigenvalue weighted by atomic mass is 10.2. The van der Waals surface area contributed by atoms with Gasteiger partial charge in [0.25, 0.3) is 0 Å². The molecule has 4 rings (SSSR count). The first-order valence-electron chi connectivity index (χ1n) is 10.3. The predicted octanol–water partition coefficient (Wildman–Crippen LogP) is 3.44. The number of aryl methyl sites for hydroxylation is 1. The van der Waals surface area contributed by atoms with Crippen LogP contribution in [0, 0.1) is 5.82 Å². The van der Waals surface area contributed by atoms with Gasteiger partial charge in [0, 0.05) is 13.1 Å². The van der Waals surface area contributed by atoms with E-state index in [0.717, 1.165) is 11.1 Å². The molecule has 0 saturated carbocycles. The van der Waals surface area contributed by atoms with Crippen molar-refractivity contribution in [2.45, 2.75) is 19.5 Å². The molecule has 0 atom stereocenters. The van der Waals surface area contributed by atoms with Gasteiger partial charge >= 0.3 is 10.1 Å². The molecule has 0 unspecified atom stereocenters. The summed E-state index contributed by atoms with van der Waals surface area (Å²) in [6.07, 6.45) is -0.0323. The zero-order valence-corrected chi connectivity index (χ0v) is 18.5. The van der Waals surface area contributed by atoms with Gasteiger partial charge in [0.1, 0.15) is 23.1 Å². The molecule has 1 amide bonds. The van der Waals surface area contributed by atoms with Crippen molar-refractivity contribution in [1.29, 1.82) is 0 Å². The highest BCUT2D eigenvalue weighted by molar-refractivity contribution is 7.87. The first kappa shape index (κ1) is 22.5. The van der Waals surface area contributed by atoms with Gasteiger partial charge in [-0.2, -0.15) is 8.42 Å². The number of aromatic nitrogens is 2. The van der Waals surface area contributed by atoms with Crippen molar-refractivity contribution in [1.82, 2.24) is 14.9 Å². The van der Waals surface area contributed by atoms with Crippen LogP contribution in [0.5, 0.6) is 5.75 Å². The molecule has 0 aliphatic carbocycles. The smallest absolute Gasteiger partial charge is 0.310 e. The van der Waals surface area contributed by atoms with E-state index in [9.17, 15) is 17.6 Å². The molecule has 170 valence electrons. The number of benzene rings is 3. The van der Waals surface area contributed by atoms with Gasteiger partial charge in [0.2, 0.25) is 5.91 Å². The Kier molecular flexibility index (Phi) is 6.69. The largest absolute Gasteiger partial charge is 0.382 e. The summed E-state index contributed by atoms with van der Waals surface area (Å²) in [6.45, 7) is 0.328. The molecule has 0 aliphatic rings. The van der Waals surface area contributed by atoms with Crippen molar-refractivity contribution in [2.75, 3.05) is 5.75 Å². The second kappa shape index (κ2) is 9.83. The second-order valence-electron chi connectivity index (χ2n) is 7.41. The molecule has 1 N–H and O–H groups in total. The van der Waals surface area contributed by atoms with Gasteiger partial charge in [-0.15, -0.1) is 0 Å². The SMILES string of the molecule is O=C(Cc1nc2ccccc2n1CCS(=O)(=O)Oc1ccccc1)NCc1ccc(F)cc1. The number of rotatable bonds is 9. The summed E-state index contributed by atoms with van der Waals surface area (Å²) in [6, 6.07) is 21.4. The predicted molar refractivity (Wildman–Crippen MR) is 123 cm³/mol. The third kappa shape index (κ3) is 5.95. The van der Waals surface area contributed by atoms with Crippen LogP contribution in [0.1, 0.15) is 11.4 Å². The molecule has 0 fully saturated rings. The van der Waals surface area contributed by atoms with Crippen LogP contribution < -0.4 is 9.50 Å². The average molecular weight is 468 g/mol. The topological polar surface area (TPSA) is 90.3 Å². The Morgan fingerprint density at radius 2 is 1.67 bits per heavy atom. The summed E-state index contributed by atoms with van der Waals surface area (Å²) in [5.41, 5.74) is 2.16. The van der Waals surface area contributed by atoms with Crippen LogP contribution in [-0.2, 0) is 34.4 Å². The van der Waals surface area contributed by atoms with Crippen molar-refractivity contribution in [3.63, 3.8) is 0 Å². The number of nitrogens with one attached hydrogen (secondary N) is 1. The van der Waals surface area contributed by atoms with Gasteiger partial charge in [-0.1, -0.05) is 42.5 Å². The molecule has 4 aromatic rings. The molecular formula is C24H22FN3O4S. The van der Waals surface area contributed by atoms with E-state index in [4.69, 9.17) is 4.18 Å². The third-order valence-electron chi connectivity index (χ3n) is 4.99. The average Bonchev–Trinajstić information content (AvgIpc) is 3.14. The molecule has 3 aromatic carbocycles. The lowest BCUT2D eigenvalue weighted by Gasteiger charge is -2.11. The van der Waals surface area contributed by atoms with Gasteiger partial charge in [-0.05, 0) is 42.0 Å². The van der Waals surface area contributed by atoms with Crippen LogP contribution in [-0.4, -0.2) is 29.6 Å². The number of hydrogen-bond donors (Lipinski definition) is 1. The summed E-state index contributed by atoms with van der Waals surface area (Å²) in [7, 11) is -3.85. The van der Waals surface area contributed by atoms with Crippen LogP contribution in [0.4, 0.5) is 4.39 Å². The molecule has 7 nitrogen and oxygen atoms in total. The van der Waals surface area contributed by atoms with Crippen molar-refractivity contribution < 1.29 is 21.8 Å². The number of carbonyl (C=O) groups excluding carboxylic acids is 1. The number of carbonyl (C=O) groups is 1. The van der Waals surface area contributed by atoms with E-state index in [1.54, 1.807) is 53.1 Å². The Bertz CT molecular complexity index is 1350. The van der Waals surface area contributed by atoms with Crippen LogP contribution in [0.15, 0.2) is 78.9 Å². The quantitative estimate of drug-likeness (QED) is 0.381. The van der Waals surface area contributed by atoms with Crippen LogP contribution in [0.2, 0.25) is 0 Å². The minimum atomic E-state index is -3.85. The molecule has 9 heteroatoms. The first-order valence-corrected chi connectivity index (χ1v) is 11.9. The molecule has 0 radical (unpaired) electrons. The van der Waals surface area contributed by atoms with E-state index in [0.29, 0.717) is 11.3 Å². The zero-order valence-electron chi connectivity index (χ0n) is 17.6. The fraction of sp³-hybridized carbons (Fsp3) is 0.167. The maximum absolute atomic E-state index is 13.0. The Labute approximate surface area is 191 Å². The van der Waals surface area contributed by atoms with Crippen molar-refractivity contribution >= 4 is 27.1 Å². The monoisotopic (exact) mass is 467 g/mol. The van der Waals surface area contributed by atoms with Gasteiger partial charge in [-0.3, -0.25) is 4.79 Å². The van der Waals surface area contributed by atoms with Gasteiger partial charge in [0.05, 0.1) is 17.5 Å². The van der Waals surface area contributed by atoms with Crippen LogP contribution in [0.3, 0.4) is 0 Å². The van der Waals surface area contributed by atoms with E-state index in [1.165, 1.54) is 12.1 Å². The Hall–Kier alpha value is -3.72. The maximum atomic E-state index is 13.0. The van der Waals surface area contributed by atoms with E-state index in [2.05, 4.69) is 10.3 Å². The number of nitrogens with zero attached hydrogens (tertiary/aromatic N) is 2. The van der Waals surface area contributed by atoms with E-state index in [1.807, 2.05) is 18.2 Å². The number of imidazole rings is 1. The standard InChI is InChI=1S/C24H22FN3O4S/c25-19-12-10-18(11-13-19)17-26-24(29)16-23-27-21-8-4-5-9-22(21)28(23)14-15-33(30,31)32-20-6-2-1-3-7-20/h1-13H,14-17H2,(H,26,29). The highest BCUT2D eigenvalue weighted by atomic mass is 32.2. The summed E-state index contributed by atoms with van der Waals surface area (Å²) < 4.78 is 44.9. The van der Waals surface area contributed by atoms with Crippen molar-refractivity contribution in [3.8, 4) is 5.75 Å². The van der Waals surface area contributed by atoms with Gasteiger partial charge in [0.15, 0.2) is 0 Å². The fourth-order valence-corrected chi connectivity index (χ4v) is 4.28. The fourth-order valence-electron chi connectivity index (χ4n) is 3.39. The first-order chi connectivity index (χ1) is 15.9. The zero-order chi connectivity index (χ0) is 23.3. The molecular weight excluding hydrogens is 445 g/mol. The minimum absolute atomic E-state index is 0.0323. The van der Waals surface area contributed by atoms with Crippen LogP contribution in [0.25, 0.3) is 11.0 Å². The summed E-state index contributed by atoms with van der Waals surface area (Å²) in [5, 5.41) is 2.79. The highest BCUT2D eigenvalue weighted by Gasteiger charge is 2.18. The van der Waals surface area contributed by atoms with Gasteiger partial charge < -0.3 is 14.1 Å².